The van der Waals surface area contributed by atoms with E-state index < -0.39 is 0 Å². The van der Waals surface area contributed by atoms with Gasteiger partial charge in [0.15, 0.2) is 0 Å². The maximum atomic E-state index is 12.3. The van der Waals surface area contributed by atoms with E-state index in [2.05, 4.69) is 29.3 Å². The summed E-state index contributed by atoms with van der Waals surface area (Å²) in [7, 11) is 0. The van der Waals surface area contributed by atoms with Gasteiger partial charge in [-0.15, -0.1) is 0 Å². The fourth-order valence-electron chi connectivity index (χ4n) is 3.04. The molecule has 2 amide bonds. The Kier molecular flexibility index (Phi) is 4.75. The molecule has 2 aromatic rings. The third-order valence-corrected chi connectivity index (χ3v) is 4.24. The lowest BCUT2D eigenvalue weighted by Gasteiger charge is -2.14. The first kappa shape index (κ1) is 16.0. The van der Waals surface area contributed by atoms with Gasteiger partial charge >= 0.3 is 0 Å². The van der Waals surface area contributed by atoms with Crippen LogP contribution < -0.4 is 10.6 Å². The van der Waals surface area contributed by atoms with Crippen LogP contribution in [-0.2, 0) is 22.4 Å². The van der Waals surface area contributed by atoms with E-state index >= 15 is 0 Å². The van der Waals surface area contributed by atoms with Gasteiger partial charge in [-0.1, -0.05) is 43.0 Å². The summed E-state index contributed by atoms with van der Waals surface area (Å²) in [6.07, 6.45) is 3.52. The fourth-order valence-corrected chi connectivity index (χ4v) is 3.04. The average molecular weight is 320 g/mol. The predicted octanol–water partition coefficient (Wildman–Crippen LogP) is 3.16. The largest absolute Gasteiger partial charge is 0.349 e. The highest BCUT2D eigenvalue weighted by Crippen LogP contribution is 2.30. The number of anilines is 1. The second-order valence-electron chi connectivity index (χ2n) is 5.92. The number of nitrogens with one attached hydrogen (secondary N) is 2. The molecule has 0 saturated heterocycles. The van der Waals surface area contributed by atoms with Crippen LogP contribution in [0.5, 0.6) is 0 Å². The number of carbonyl (C=O) groups excluding carboxylic acids is 2. The maximum absolute atomic E-state index is 12.3. The minimum Gasteiger partial charge on any atom is -0.349 e. The number of amides is 2. The Morgan fingerprint density at radius 2 is 1.88 bits per heavy atom. The molecule has 0 aromatic heterocycles. The SMILES string of the molecule is C=CC(=O)Nc1ccc(CC(=O)NC2CCc3ccccc32)cc1. The molecular weight excluding hydrogens is 300 g/mol. The van der Waals surface area contributed by atoms with Crippen LogP contribution in [0.15, 0.2) is 61.2 Å². The maximum Gasteiger partial charge on any atom is 0.247 e. The lowest BCUT2D eigenvalue weighted by molar-refractivity contribution is -0.121. The van der Waals surface area contributed by atoms with Gasteiger partial charge < -0.3 is 10.6 Å². The Bertz CT molecular complexity index is 765. The number of carbonyl (C=O) groups is 2. The van der Waals surface area contributed by atoms with Crippen molar-refractivity contribution in [1.82, 2.24) is 5.32 Å². The molecule has 0 bridgehead atoms. The first-order valence-corrected chi connectivity index (χ1v) is 8.05. The number of benzene rings is 2. The van der Waals surface area contributed by atoms with Crippen LogP contribution in [-0.4, -0.2) is 11.8 Å². The van der Waals surface area contributed by atoms with Crippen LogP contribution in [0.25, 0.3) is 0 Å². The normalized spacial score (nSPS) is 15.4. The number of aryl methyl sites for hydroxylation is 1. The van der Waals surface area contributed by atoms with E-state index in [1.54, 1.807) is 12.1 Å². The molecule has 1 aliphatic rings. The van der Waals surface area contributed by atoms with E-state index in [4.69, 9.17) is 0 Å². The number of fused-ring (bicyclic) bond motifs is 1. The molecule has 0 radical (unpaired) electrons. The lowest BCUT2D eigenvalue weighted by atomic mass is 10.1. The van der Waals surface area contributed by atoms with Crippen LogP contribution in [0.4, 0.5) is 5.69 Å². The Balaban J connectivity index is 1.57. The van der Waals surface area contributed by atoms with Crippen molar-refractivity contribution >= 4 is 17.5 Å². The van der Waals surface area contributed by atoms with E-state index in [0.717, 1.165) is 18.4 Å². The van der Waals surface area contributed by atoms with E-state index in [1.807, 2.05) is 24.3 Å². The third-order valence-electron chi connectivity index (χ3n) is 4.24. The summed E-state index contributed by atoms with van der Waals surface area (Å²) in [5.74, 6) is -0.236. The van der Waals surface area contributed by atoms with Crippen molar-refractivity contribution < 1.29 is 9.59 Å². The third kappa shape index (κ3) is 3.71. The Morgan fingerprint density at radius 1 is 1.12 bits per heavy atom. The zero-order valence-corrected chi connectivity index (χ0v) is 13.4. The van der Waals surface area contributed by atoms with Crippen molar-refractivity contribution in [3.63, 3.8) is 0 Å². The molecule has 2 N–H and O–H groups in total. The van der Waals surface area contributed by atoms with Gasteiger partial charge in [-0.3, -0.25) is 9.59 Å². The molecule has 0 saturated carbocycles. The van der Waals surface area contributed by atoms with Crippen molar-refractivity contribution in [2.45, 2.75) is 25.3 Å². The minimum atomic E-state index is -0.250. The van der Waals surface area contributed by atoms with E-state index in [9.17, 15) is 9.59 Å². The van der Waals surface area contributed by atoms with Crippen LogP contribution in [0.2, 0.25) is 0 Å². The number of hydrogen-bond donors (Lipinski definition) is 2. The van der Waals surface area contributed by atoms with E-state index in [0.29, 0.717) is 12.1 Å². The first-order chi connectivity index (χ1) is 11.7. The van der Waals surface area contributed by atoms with Gasteiger partial charge in [0.1, 0.15) is 0 Å². The summed E-state index contributed by atoms with van der Waals surface area (Å²) in [5.41, 5.74) is 4.16. The summed E-state index contributed by atoms with van der Waals surface area (Å²) in [5, 5.41) is 5.80. The quantitative estimate of drug-likeness (QED) is 0.832. The Hall–Kier alpha value is -2.88. The van der Waals surface area contributed by atoms with Gasteiger partial charge in [-0.2, -0.15) is 0 Å². The molecule has 122 valence electrons. The first-order valence-electron chi connectivity index (χ1n) is 8.05. The number of hydrogen-bond acceptors (Lipinski definition) is 2. The molecule has 0 heterocycles. The fraction of sp³-hybridized carbons (Fsp3) is 0.200. The molecule has 0 spiro atoms. The zero-order chi connectivity index (χ0) is 16.9. The van der Waals surface area contributed by atoms with Crippen LogP contribution in [0.1, 0.15) is 29.2 Å². The summed E-state index contributed by atoms with van der Waals surface area (Å²) >= 11 is 0. The molecule has 24 heavy (non-hydrogen) atoms. The highest BCUT2D eigenvalue weighted by molar-refractivity contribution is 5.98. The molecule has 0 fully saturated rings. The summed E-state index contributed by atoms with van der Waals surface area (Å²) in [4.78, 5) is 23.5. The molecule has 4 heteroatoms. The Morgan fingerprint density at radius 3 is 2.62 bits per heavy atom. The van der Waals surface area contributed by atoms with Crippen molar-refractivity contribution in [3.05, 3.63) is 77.9 Å². The summed E-state index contributed by atoms with van der Waals surface area (Å²) < 4.78 is 0. The van der Waals surface area contributed by atoms with E-state index in [1.165, 1.54) is 17.2 Å². The van der Waals surface area contributed by atoms with Crippen LogP contribution in [0.3, 0.4) is 0 Å². The lowest BCUT2D eigenvalue weighted by Crippen LogP contribution is -2.28. The van der Waals surface area contributed by atoms with Crippen LogP contribution in [0, 0.1) is 0 Å². The summed E-state index contributed by atoms with van der Waals surface area (Å²) in [6, 6.07) is 15.6. The van der Waals surface area contributed by atoms with Crippen molar-refractivity contribution in [3.8, 4) is 0 Å². The minimum absolute atomic E-state index is 0.0135. The highest BCUT2D eigenvalue weighted by atomic mass is 16.2. The van der Waals surface area contributed by atoms with Gasteiger partial charge in [-0.25, -0.2) is 0 Å². The molecule has 3 rings (SSSR count). The number of rotatable bonds is 5. The van der Waals surface area contributed by atoms with Crippen molar-refractivity contribution in [1.29, 1.82) is 0 Å². The van der Waals surface area contributed by atoms with Gasteiger partial charge in [-0.05, 0) is 47.7 Å². The molecule has 2 aromatic carbocycles. The second-order valence-corrected chi connectivity index (χ2v) is 5.92. The van der Waals surface area contributed by atoms with Gasteiger partial charge in [0.25, 0.3) is 0 Å². The molecule has 1 atom stereocenters. The van der Waals surface area contributed by atoms with E-state index in [-0.39, 0.29) is 17.9 Å². The average Bonchev–Trinajstić information content (AvgIpc) is 2.99. The van der Waals surface area contributed by atoms with Gasteiger partial charge in [0.2, 0.25) is 11.8 Å². The molecule has 0 aliphatic heterocycles. The van der Waals surface area contributed by atoms with Gasteiger partial charge in [0.05, 0.1) is 12.5 Å². The molecule has 1 aliphatic carbocycles. The monoisotopic (exact) mass is 320 g/mol. The Labute approximate surface area is 141 Å². The smallest absolute Gasteiger partial charge is 0.247 e. The molecule has 1 unspecified atom stereocenters. The molecular formula is C20H20N2O2. The predicted molar refractivity (Wildman–Crippen MR) is 94.6 cm³/mol. The standard InChI is InChI=1S/C20H20N2O2/c1-2-19(23)21-16-10-7-14(8-11-16)13-20(24)22-18-12-9-15-5-3-4-6-17(15)18/h2-8,10-11,18H,1,9,12-13H2,(H,21,23)(H,22,24). The van der Waals surface area contributed by atoms with Gasteiger partial charge in [0, 0.05) is 5.69 Å². The van der Waals surface area contributed by atoms with Crippen molar-refractivity contribution in [2.75, 3.05) is 5.32 Å². The second kappa shape index (κ2) is 7.13. The zero-order valence-electron chi connectivity index (χ0n) is 13.4. The highest BCUT2D eigenvalue weighted by Gasteiger charge is 2.23. The molecule has 4 nitrogen and oxygen atoms in total. The van der Waals surface area contributed by atoms with Crippen molar-refractivity contribution in [2.24, 2.45) is 0 Å². The van der Waals surface area contributed by atoms with Crippen LogP contribution >= 0.6 is 0 Å². The summed E-state index contributed by atoms with van der Waals surface area (Å²) in [6.45, 7) is 3.41. The topological polar surface area (TPSA) is 58.2 Å².